The zero-order chi connectivity index (χ0) is 17.1. The van der Waals surface area contributed by atoms with Crippen LogP contribution in [-0.2, 0) is 4.79 Å². The maximum absolute atomic E-state index is 12.5. The molecule has 1 aliphatic rings. The molecule has 126 valence electrons. The quantitative estimate of drug-likeness (QED) is 0.758. The SMILES string of the molecule is O=C(Nc1cccc(Cl)c1Cl)C1CCN(c2cccc(Cl)c2)CC1. The molecule has 0 unspecified atom stereocenters. The number of piperidine rings is 1. The van der Waals surface area contributed by atoms with E-state index < -0.39 is 0 Å². The Kier molecular flexibility index (Phi) is 5.54. The van der Waals surface area contributed by atoms with Crippen molar-refractivity contribution >= 4 is 52.1 Å². The van der Waals surface area contributed by atoms with Crippen molar-refractivity contribution in [1.82, 2.24) is 0 Å². The molecule has 1 amide bonds. The van der Waals surface area contributed by atoms with E-state index in [9.17, 15) is 4.79 Å². The molecule has 3 nitrogen and oxygen atoms in total. The first-order chi connectivity index (χ1) is 11.5. The van der Waals surface area contributed by atoms with Crippen molar-refractivity contribution in [3.05, 3.63) is 57.5 Å². The van der Waals surface area contributed by atoms with Crippen LogP contribution in [0.25, 0.3) is 0 Å². The summed E-state index contributed by atoms with van der Waals surface area (Å²) >= 11 is 18.2. The average Bonchev–Trinajstić information content (AvgIpc) is 2.59. The van der Waals surface area contributed by atoms with E-state index in [2.05, 4.69) is 10.2 Å². The van der Waals surface area contributed by atoms with Gasteiger partial charge in [0.1, 0.15) is 0 Å². The van der Waals surface area contributed by atoms with Crippen LogP contribution < -0.4 is 10.2 Å². The lowest BCUT2D eigenvalue weighted by Gasteiger charge is -2.33. The number of hydrogen-bond acceptors (Lipinski definition) is 2. The Labute approximate surface area is 156 Å². The van der Waals surface area contributed by atoms with Crippen molar-refractivity contribution in [3.8, 4) is 0 Å². The Bertz CT molecular complexity index is 743. The van der Waals surface area contributed by atoms with Crippen LogP contribution >= 0.6 is 34.8 Å². The highest BCUT2D eigenvalue weighted by molar-refractivity contribution is 6.44. The number of nitrogens with one attached hydrogen (secondary N) is 1. The normalized spacial score (nSPS) is 15.4. The minimum absolute atomic E-state index is 0.00934. The second-order valence-electron chi connectivity index (χ2n) is 5.83. The molecule has 2 aromatic rings. The van der Waals surface area contributed by atoms with Gasteiger partial charge in [0.25, 0.3) is 0 Å². The topological polar surface area (TPSA) is 32.3 Å². The van der Waals surface area contributed by atoms with Crippen molar-refractivity contribution in [2.75, 3.05) is 23.3 Å². The Morgan fingerprint density at radius 3 is 2.46 bits per heavy atom. The standard InChI is InChI=1S/C18H17Cl3N2O/c19-13-3-1-4-14(11-13)23-9-7-12(8-10-23)18(24)22-16-6-2-5-15(20)17(16)21/h1-6,11-12H,7-10H2,(H,22,24). The van der Waals surface area contributed by atoms with Gasteiger partial charge in [-0.15, -0.1) is 0 Å². The van der Waals surface area contributed by atoms with Gasteiger partial charge in [-0.2, -0.15) is 0 Å². The fourth-order valence-corrected chi connectivity index (χ4v) is 3.44. The molecule has 1 aliphatic heterocycles. The molecule has 1 saturated heterocycles. The fraction of sp³-hybridized carbons (Fsp3) is 0.278. The lowest BCUT2D eigenvalue weighted by molar-refractivity contribution is -0.120. The summed E-state index contributed by atoms with van der Waals surface area (Å²) < 4.78 is 0. The summed E-state index contributed by atoms with van der Waals surface area (Å²) in [6.45, 7) is 1.64. The van der Waals surface area contributed by atoms with Gasteiger partial charge < -0.3 is 10.2 Å². The van der Waals surface area contributed by atoms with E-state index >= 15 is 0 Å². The lowest BCUT2D eigenvalue weighted by atomic mass is 9.95. The molecule has 1 heterocycles. The number of halogens is 3. The van der Waals surface area contributed by atoms with Crippen molar-refractivity contribution < 1.29 is 4.79 Å². The molecule has 6 heteroatoms. The molecular formula is C18H17Cl3N2O. The van der Waals surface area contributed by atoms with E-state index in [1.165, 1.54) is 0 Å². The summed E-state index contributed by atoms with van der Waals surface area (Å²) in [5.74, 6) is -0.0413. The third-order valence-corrected chi connectivity index (χ3v) is 5.30. The van der Waals surface area contributed by atoms with Crippen molar-refractivity contribution in [3.63, 3.8) is 0 Å². The molecule has 0 bridgehead atoms. The summed E-state index contributed by atoms with van der Waals surface area (Å²) in [7, 11) is 0. The van der Waals surface area contributed by atoms with Crippen LogP contribution in [0.3, 0.4) is 0 Å². The zero-order valence-electron chi connectivity index (χ0n) is 12.9. The number of carbonyl (C=O) groups excluding carboxylic acids is 1. The van der Waals surface area contributed by atoms with Gasteiger partial charge in [0, 0.05) is 29.7 Å². The molecular weight excluding hydrogens is 367 g/mol. The highest BCUT2D eigenvalue weighted by Crippen LogP contribution is 2.31. The predicted molar refractivity (Wildman–Crippen MR) is 101 cm³/mol. The molecule has 1 fully saturated rings. The van der Waals surface area contributed by atoms with Crippen LogP contribution in [0.1, 0.15) is 12.8 Å². The Hall–Kier alpha value is -1.42. The van der Waals surface area contributed by atoms with E-state index in [1.807, 2.05) is 24.3 Å². The Balaban J connectivity index is 1.60. The largest absolute Gasteiger partial charge is 0.371 e. The van der Waals surface area contributed by atoms with Crippen LogP contribution in [0.2, 0.25) is 15.1 Å². The molecule has 0 aliphatic carbocycles. The predicted octanol–water partition coefficient (Wildman–Crippen LogP) is 5.50. The minimum atomic E-state index is -0.0320. The number of nitrogens with zero attached hydrogens (tertiary/aromatic N) is 1. The van der Waals surface area contributed by atoms with Gasteiger partial charge in [-0.05, 0) is 43.2 Å². The molecule has 1 N–H and O–H groups in total. The second-order valence-corrected chi connectivity index (χ2v) is 7.05. The second kappa shape index (κ2) is 7.64. The van der Waals surface area contributed by atoms with E-state index in [1.54, 1.807) is 18.2 Å². The third kappa shape index (κ3) is 3.97. The lowest BCUT2D eigenvalue weighted by Crippen LogP contribution is -2.38. The number of carbonyl (C=O) groups is 1. The molecule has 0 spiro atoms. The zero-order valence-corrected chi connectivity index (χ0v) is 15.2. The number of rotatable bonds is 3. The maximum Gasteiger partial charge on any atom is 0.227 e. The van der Waals surface area contributed by atoms with Crippen LogP contribution in [-0.4, -0.2) is 19.0 Å². The first kappa shape index (κ1) is 17.4. The number of hydrogen-bond donors (Lipinski definition) is 1. The molecule has 0 aromatic heterocycles. The summed E-state index contributed by atoms with van der Waals surface area (Å²) in [6.07, 6.45) is 1.58. The summed E-state index contributed by atoms with van der Waals surface area (Å²) in [6, 6.07) is 13.0. The summed E-state index contributed by atoms with van der Waals surface area (Å²) in [4.78, 5) is 14.7. The van der Waals surface area contributed by atoms with E-state index in [0.29, 0.717) is 15.7 Å². The minimum Gasteiger partial charge on any atom is -0.371 e. The van der Waals surface area contributed by atoms with E-state index in [0.717, 1.165) is 36.6 Å². The van der Waals surface area contributed by atoms with Gasteiger partial charge in [0.05, 0.1) is 15.7 Å². The maximum atomic E-state index is 12.5. The highest BCUT2D eigenvalue weighted by Gasteiger charge is 2.25. The van der Waals surface area contributed by atoms with Crippen LogP contribution in [0.4, 0.5) is 11.4 Å². The first-order valence-corrected chi connectivity index (χ1v) is 8.93. The van der Waals surface area contributed by atoms with Crippen molar-refractivity contribution in [2.24, 2.45) is 5.92 Å². The molecule has 0 radical (unpaired) electrons. The van der Waals surface area contributed by atoms with Crippen LogP contribution in [0.5, 0.6) is 0 Å². The van der Waals surface area contributed by atoms with Gasteiger partial charge in [0.2, 0.25) is 5.91 Å². The average molecular weight is 384 g/mol. The summed E-state index contributed by atoms with van der Waals surface area (Å²) in [5, 5.41) is 4.43. The number of anilines is 2. The molecule has 3 rings (SSSR count). The molecule has 0 saturated carbocycles. The van der Waals surface area contributed by atoms with Gasteiger partial charge in [-0.1, -0.05) is 46.9 Å². The van der Waals surface area contributed by atoms with E-state index in [4.69, 9.17) is 34.8 Å². The van der Waals surface area contributed by atoms with Crippen LogP contribution in [0, 0.1) is 5.92 Å². The Morgan fingerprint density at radius 2 is 1.75 bits per heavy atom. The molecule has 0 atom stereocenters. The van der Waals surface area contributed by atoms with Crippen molar-refractivity contribution in [2.45, 2.75) is 12.8 Å². The molecule has 24 heavy (non-hydrogen) atoms. The monoisotopic (exact) mass is 382 g/mol. The molecule has 2 aromatic carbocycles. The first-order valence-electron chi connectivity index (χ1n) is 7.80. The van der Waals surface area contributed by atoms with Crippen LogP contribution in [0.15, 0.2) is 42.5 Å². The Morgan fingerprint density at radius 1 is 1.04 bits per heavy atom. The number of amides is 1. The smallest absolute Gasteiger partial charge is 0.227 e. The van der Waals surface area contributed by atoms with Gasteiger partial charge in [0.15, 0.2) is 0 Å². The van der Waals surface area contributed by atoms with Gasteiger partial charge >= 0.3 is 0 Å². The highest BCUT2D eigenvalue weighted by atomic mass is 35.5. The van der Waals surface area contributed by atoms with Crippen molar-refractivity contribution in [1.29, 1.82) is 0 Å². The van der Waals surface area contributed by atoms with E-state index in [-0.39, 0.29) is 11.8 Å². The van der Waals surface area contributed by atoms with Gasteiger partial charge in [-0.25, -0.2) is 0 Å². The summed E-state index contributed by atoms with van der Waals surface area (Å²) in [5.41, 5.74) is 1.66. The van der Waals surface area contributed by atoms with Gasteiger partial charge in [-0.3, -0.25) is 4.79 Å². The fourth-order valence-electron chi connectivity index (χ4n) is 2.91. The third-order valence-electron chi connectivity index (χ3n) is 4.25. The number of benzene rings is 2.